The Labute approximate surface area is 81.3 Å². The van der Waals surface area contributed by atoms with Crippen LogP contribution < -0.4 is 5.32 Å². The summed E-state index contributed by atoms with van der Waals surface area (Å²) in [7, 11) is 0. The van der Waals surface area contributed by atoms with Gasteiger partial charge in [-0.2, -0.15) is 0 Å². The van der Waals surface area contributed by atoms with Crippen molar-refractivity contribution in [3.8, 4) is 0 Å². The summed E-state index contributed by atoms with van der Waals surface area (Å²) in [6.07, 6.45) is 1.65. The Hall–Kier alpha value is -1.84. The van der Waals surface area contributed by atoms with Crippen LogP contribution in [0.25, 0.3) is 11.0 Å². The average Bonchev–Trinajstić information content (AvgIpc) is 2.61. The van der Waals surface area contributed by atoms with Crippen LogP contribution in [-0.4, -0.2) is 22.3 Å². The molecule has 0 saturated carbocycles. The van der Waals surface area contributed by atoms with Crippen LogP contribution in [-0.2, 0) is 4.79 Å². The first-order valence-electron chi connectivity index (χ1n) is 4.42. The van der Waals surface area contributed by atoms with E-state index in [4.69, 9.17) is 0 Å². The van der Waals surface area contributed by atoms with Crippen molar-refractivity contribution in [2.75, 3.05) is 11.9 Å². The number of imidazole rings is 1. The molecule has 0 bridgehead atoms. The van der Waals surface area contributed by atoms with Crippen LogP contribution in [0.2, 0.25) is 0 Å². The van der Waals surface area contributed by atoms with Gasteiger partial charge in [-0.25, -0.2) is 4.98 Å². The van der Waals surface area contributed by atoms with Crippen LogP contribution in [0, 0.1) is 0 Å². The Morgan fingerprint density at radius 1 is 1.57 bits per heavy atom. The van der Waals surface area contributed by atoms with Gasteiger partial charge in [0.2, 0.25) is 0 Å². The molecule has 0 aliphatic carbocycles. The Bertz CT molecular complexity index is 461. The summed E-state index contributed by atoms with van der Waals surface area (Å²) in [5, 5.41) is 3.03. The number of nitrogens with one attached hydrogen (secondary N) is 2. The van der Waals surface area contributed by atoms with Gasteiger partial charge in [0.25, 0.3) is 0 Å². The van der Waals surface area contributed by atoms with E-state index in [0.29, 0.717) is 6.54 Å². The topological polar surface area (TPSA) is 57.8 Å². The van der Waals surface area contributed by atoms with Crippen molar-refractivity contribution in [3.63, 3.8) is 0 Å². The highest BCUT2D eigenvalue weighted by Crippen LogP contribution is 2.14. The highest BCUT2D eigenvalue weighted by atomic mass is 16.1. The number of anilines is 1. The quantitative estimate of drug-likeness (QED) is 0.770. The summed E-state index contributed by atoms with van der Waals surface area (Å²) in [4.78, 5) is 17.9. The molecule has 2 N–H and O–H groups in total. The number of fused-ring (bicyclic) bond motifs is 1. The van der Waals surface area contributed by atoms with E-state index in [0.717, 1.165) is 16.7 Å². The number of Topliss-reactive ketones (excluding diaryl/α,β-unsaturated/α-hetero) is 1. The van der Waals surface area contributed by atoms with E-state index < -0.39 is 0 Å². The predicted octanol–water partition coefficient (Wildman–Crippen LogP) is 1.56. The van der Waals surface area contributed by atoms with E-state index >= 15 is 0 Å². The third kappa shape index (κ3) is 1.74. The number of hydrogen-bond donors (Lipinski definition) is 2. The van der Waals surface area contributed by atoms with Crippen LogP contribution >= 0.6 is 0 Å². The number of ketones is 1. The van der Waals surface area contributed by atoms with Gasteiger partial charge in [0.15, 0.2) is 0 Å². The Balaban J connectivity index is 2.21. The maximum atomic E-state index is 10.7. The second-order valence-corrected chi connectivity index (χ2v) is 3.19. The third-order valence-corrected chi connectivity index (χ3v) is 1.96. The zero-order chi connectivity index (χ0) is 9.97. The minimum atomic E-state index is 0.120. The number of rotatable bonds is 3. The molecule has 0 unspecified atom stereocenters. The van der Waals surface area contributed by atoms with Gasteiger partial charge >= 0.3 is 0 Å². The zero-order valence-electron chi connectivity index (χ0n) is 7.87. The Morgan fingerprint density at radius 2 is 2.43 bits per heavy atom. The molecule has 72 valence electrons. The molecule has 0 radical (unpaired) electrons. The SMILES string of the molecule is CC(=O)CNc1ccc2nc[nH]c2c1. The van der Waals surface area contributed by atoms with E-state index in [2.05, 4.69) is 15.3 Å². The second kappa shape index (κ2) is 3.49. The number of carbonyl (C=O) groups is 1. The molecule has 2 rings (SSSR count). The number of aromatic nitrogens is 2. The molecule has 1 aromatic carbocycles. The summed E-state index contributed by atoms with van der Waals surface area (Å²) in [5.74, 6) is 0.120. The lowest BCUT2D eigenvalue weighted by Crippen LogP contribution is -2.09. The standard InChI is InChI=1S/C10H11N3O/c1-7(14)5-11-8-2-3-9-10(4-8)13-6-12-9/h2-4,6,11H,5H2,1H3,(H,12,13). The summed E-state index contributed by atoms with van der Waals surface area (Å²) in [6, 6.07) is 5.76. The van der Waals surface area contributed by atoms with Crippen LogP contribution in [0.5, 0.6) is 0 Å². The van der Waals surface area contributed by atoms with E-state index in [1.54, 1.807) is 13.3 Å². The number of benzene rings is 1. The molecule has 0 atom stereocenters. The molecule has 0 aliphatic rings. The normalized spacial score (nSPS) is 10.4. The van der Waals surface area contributed by atoms with E-state index in [1.807, 2.05) is 18.2 Å². The van der Waals surface area contributed by atoms with Gasteiger partial charge in [0, 0.05) is 5.69 Å². The monoisotopic (exact) mass is 189 g/mol. The fourth-order valence-electron chi connectivity index (χ4n) is 1.27. The molecule has 14 heavy (non-hydrogen) atoms. The molecule has 1 aromatic heterocycles. The first-order valence-corrected chi connectivity index (χ1v) is 4.42. The predicted molar refractivity (Wildman–Crippen MR) is 55.3 cm³/mol. The molecule has 0 spiro atoms. The highest BCUT2D eigenvalue weighted by Gasteiger charge is 1.98. The number of hydrogen-bond acceptors (Lipinski definition) is 3. The fourth-order valence-corrected chi connectivity index (χ4v) is 1.27. The van der Waals surface area contributed by atoms with Crippen LogP contribution in [0.4, 0.5) is 5.69 Å². The molecule has 0 saturated heterocycles. The molecular formula is C10H11N3O. The fraction of sp³-hybridized carbons (Fsp3) is 0.200. The molecule has 4 nitrogen and oxygen atoms in total. The summed E-state index contributed by atoms with van der Waals surface area (Å²) in [5.41, 5.74) is 2.83. The van der Waals surface area contributed by atoms with Gasteiger partial charge in [-0.3, -0.25) is 4.79 Å². The smallest absolute Gasteiger partial charge is 0.148 e. The van der Waals surface area contributed by atoms with Gasteiger partial charge in [-0.1, -0.05) is 0 Å². The van der Waals surface area contributed by atoms with E-state index in [-0.39, 0.29) is 5.78 Å². The molecule has 2 aromatic rings. The highest BCUT2D eigenvalue weighted by molar-refractivity contribution is 5.82. The van der Waals surface area contributed by atoms with Gasteiger partial charge in [0.1, 0.15) is 5.78 Å². The van der Waals surface area contributed by atoms with Crippen molar-refractivity contribution in [3.05, 3.63) is 24.5 Å². The average molecular weight is 189 g/mol. The molecule has 0 aliphatic heterocycles. The van der Waals surface area contributed by atoms with Crippen LogP contribution in [0.3, 0.4) is 0 Å². The van der Waals surface area contributed by atoms with Crippen molar-refractivity contribution < 1.29 is 4.79 Å². The van der Waals surface area contributed by atoms with E-state index in [9.17, 15) is 4.79 Å². The van der Waals surface area contributed by atoms with Crippen molar-refractivity contribution in [2.24, 2.45) is 0 Å². The number of nitrogens with zero attached hydrogens (tertiary/aromatic N) is 1. The van der Waals surface area contributed by atoms with Crippen LogP contribution in [0.15, 0.2) is 24.5 Å². The molecule has 1 heterocycles. The van der Waals surface area contributed by atoms with Crippen molar-refractivity contribution >= 4 is 22.5 Å². The minimum absolute atomic E-state index is 0.120. The number of aromatic amines is 1. The van der Waals surface area contributed by atoms with Gasteiger partial charge in [-0.15, -0.1) is 0 Å². The molecule has 0 amide bonds. The maximum Gasteiger partial charge on any atom is 0.148 e. The lowest BCUT2D eigenvalue weighted by molar-refractivity contribution is -0.115. The zero-order valence-corrected chi connectivity index (χ0v) is 7.87. The van der Waals surface area contributed by atoms with Gasteiger partial charge in [-0.05, 0) is 25.1 Å². The first kappa shape index (κ1) is 8.74. The van der Waals surface area contributed by atoms with Crippen molar-refractivity contribution in [1.82, 2.24) is 9.97 Å². The van der Waals surface area contributed by atoms with Crippen molar-refractivity contribution in [1.29, 1.82) is 0 Å². The van der Waals surface area contributed by atoms with Crippen molar-refractivity contribution in [2.45, 2.75) is 6.92 Å². The Morgan fingerprint density at radius 3 is 3.21 bits per heavy atom. The number of carbonyl (C=O) groups excluding carboxylic acids is 1. The lowest BCUT2D eigenvalue weighted by Gasteiger charge is -2.02. The third-order valence-electron chi connectivity index (χ3n) is 1.96. The first-order chi connectivity index (χ1) is 6.75. The van der Waals surface area contributed by atoms with Gasteiger partial charge < -0.3 is 10.3 Å². The second-order valence-electron chi connectivity index (χ2n) is 3.19. The van der Waals surface area contributed by atoms with Gasteiger partial charge in [0.05, 0.1) is 23.9 Å². The van der Waals surface area contributed by atoms with E-state index in [1.165, 1.54) is 0 Å². The largest absolute Gasteiger partial charge is 0.378 e. The molecule has 0 fully saturated rings. The summed E-state index contributed by atoms with van der Waals surface area (Å²) in [6.45, 7) is 1.92. The number of H-pyrrole nitrogens is 1. The Kier molecular flexibility index (Phi) is 2.18. The summed E-state index contributed by atoms with van der Waals surface area (Å²) >= 11 is 0. The molecule has 4 heteroatoms. The maximum absolute atomic E-state index is 10.7. The van der Waals surface area contributed by atoms with Crippen LogP contribution in [0.1, 0.15) is 6.92 Å². The lowest BCUT2D eigenvalue weighted by atomic mass is 10.2. The molecular weight excluding hydrogens is 178 g/mol. The minimum Gasteiger partial charge on any atom is -0.378 e. The summed E-state index contributed by atoms with van der Waals surface area (Å²) < 4.78 is 0.